The van der Waals surface area contributed by atoms with E-state index in [9.17, 15) is 14.7 Å². The van der Waals surface area contributed by atoms with Crippen LogP contribution in [0.2, 0.25) is 0 Å². The molecule has 39 heavy (non-hydrogen) atoms. The van der Waals surface area contributed by atoms with Gasteiger partial charge in [0.25, 0.3) is 0 Å². The third-order valence-electron chi connectivity index (χ3n) is 9.70. The van der Waals surface area contributed by atoms with E-state index in [-0.39, 0.29) is 34.9 Å². The second-order valence-corrected chi connectivity index (χ2v) is 13.8. The van der Waals surface area contributed by atoms with E-state index in [1.807, 2.05) is 43.9 Å². The van der Waals surface area contributed by atoms with Crippen molar-refractivity contribution in [2.24, 2.45) is 17.3 Å². The molecule has 1 aromatic rings. The maximum Gasteiger partial charge on any atom is 0.237 e. The molecule has 1 aromatic carbocycles. The number of ether oxygens (including phenoxy) is 1. The molecule has 1 aliphatic carbocycles. The van der Waals surface area contributed by atoms with Crippen LogP contribution in [0.1, 0.15) is 77.7 Å². The number of fused-ring (bicyclic) bond motifs is 1. The fourth-order valence-electron chi connectivity index (χ4n) is 7.78. The molecule has 5 atom stereocenters. The number of aliphatic hydroxyl groups is 1. The van der Waals surface area contributed by atoms with Crippen LogP contribution in [-0.2, 0) is 20.7 Å². The van der Waals surface area contributed by atoms with Gasteiger partial charge in [0.05, 0.1) is 17.6 Å². The monoisotopic (exact) mass is 539 g/mol. The summed E-state index contributed by atoms with van der Waals surface area (Å²) < 4.78 is 5.62. The first-order chi connectivity index (χ1) is 18.6. The Morgan fingerprint density at radius 3 is 2.49 bits per heavy atom. The van der Waals surface area contributed by atoms with Gasteiger partial charge in [0.2, 0.25) is 11.8 Å². The lowest BCUT2D eigenvalue weighted by Crippen LogP contribution is -2.59. The highest BCUT2D eigenvalue weighted by Gasteiger charge is 2.52. The van der Waals surface area contributed by atoms with Crippen LogP contribution in [0.3, 0.4) is 0 Å². The number of β-amino-alcohol motifs (C(OH)–C–C–N with tert-alkyl or cyclic N) is 1. The van der Waals surface area contributed by atoms with Crippen LogP contribution in [0.15, 0.2) is 30.3 Å². The maximum atomic E-state index is 13.9. The van der Waals surface area contributed by atoms with Gasteiger partial charge in [-0.05, 0) is 76.7 Å². The first-order valence-electron chi connectivity index (χ1n) is 15.3. The molecule has 2 amide bonds. The number of amides is 2. The molecule has 0 radical (unpaired) electrons. The summed E-state index contributed by atoms with van der Waals surface area (Å²) in [5, 5.41) is 14.7. The smallest absolute Gasteiger partial charge is 0.237 e. The van der Waals surface area contributed by atoms with Crippen LogP contribution in [0, 0.1) is 17.3 Å². The molecular formula is C32H49N3O4. The van der Waals surface area contributed by atoms with E-state index in [2.05, 4.69) is 22.3 Å². The lowest BCUT2D eigenvalue weighted by Gasteiger charge is -2.46. The van der Waals surface area contributed by atoms with E-state index in [1.165, 1.54) is 31.2 Å². The van der Waals surface area contributed by atoms with E-state index in [0.29, 0.717) is 38.1 Å². The zero-order valence-corrected chi connectivity index (χ0v) is 24.2. The van der Waals surface area contributed by atoms with Gasteiger partial charge in [0, 0.05) is 44.4 Å². The number of benzene rings is 1. The Hall–Kier alpha value is -1.96. The minimum Gasteiger partial charge on any atom is -0.390 e. The molecule has 7 heteroatoms. The van der Waals surface area contributed by atoms with Crippen molar-refractivity contribution in [3.8, 4) is 0 Å². The number of carbonyl (C=O) groups is 2. The summed E-state index contributed by atoms with van der Waals surface area (Å²) in [5.74, 6) is 1.43. The zero-order chi connectivity index (χ0) is 27.6. The van der Waals surface area contributed by atoms with Crippen molar-refractivity contribution in [1.29, 1.82) is 0 Å². The van der Waals surface area contributed by atoms with Gasteiger partial charge in [-0.3, -0.25) is 14.5 Å². The molecule has 3 heterocycles. The Bertz CT molecular complexity index is 987. The molecule has 1 saturated carbocycles. The molecule has 4 fully saturated rings. The van der Waals surface area contributed by atoms with Crippen molar-refractivity contribution in [2.45, 2.75) is 102 Å². The lowest BCUT2D eigenvalue weighted by molar-refractivity contribution is -0.143. The first-order valence-corrected chi connectivity index (χ1v) is 15.3. The molecule has 0 aromatic heterocycles. The minimum absolute atomic E-state index is 0.0664. The number of carbonyl (C=O) groups excluding carboxylic acids is 2. The Morgan fingerprint density at radius 2 is 1.79 bits per heavy atom. The summed E-state index contributed by atoms with van der Waals surface area (Å²) in [6, 6.07) is 10.2. The number of piperidine rings is 1. The van der Waals surface area contributed by atoms with E-state index in [0.717, 1.165) is 38.6 Å². The molecule has 0 unspecified atom stereocenters. The predicted molar refractivity (Wildman–Crippen MR) is 152 cm³/mol. The van der Waals surface area contributed by atoms with Gasteiger partial charge in [-0.15, -0.1) is 0 Å². The lowest BCUT2D eigenvalue weighted by atomic mass is 9.72. The van der Waals surface area contributed by atoms with Crippen molar-refractivity contribution >= 4 is 11.8 Å². The molecule has 5 rings (SSSR count). The van der Waals surface area contributed by atoms with Gasteiger partial charge >= 0.3 is 0 Å². The summed E-state index contributed by atoms with van der Waals surface area (Å²) in [6.45, 7) is 8.91. The van der Waals surface area contributed by atoms with Gasteiger partial charge < -0.3 is 20.1 Å². The number of hydrogen-bond acceptors (Lipinski definition) is 5. The second kappa shape index (κ2) is 11.9. The van der Waals surface area contributed by atoms with Crippen molar-refractivity contribution < 1.29 is 19.4 Å². The summed E-state index contributed by atoms with van der Waals surface area (Å²) in [6.07, 6.45) is 8.22. The number of likely N-dealkylation sites (tertiary alicyclic amines) is 2. The third kappa shape index (κ3) is 6.68. The summed E-state index contributed by atoms with van der Waals surface area (Å²) >= 11 is 0. The summed E-state index contributed by atoms with van der Waals surface area (Å²) in [7, 11) is 0. The van der Waals surface area contributed by atoms with E-state index in [4.69, 9.17) is 4.74 Å². The SMILES string of the molecule is CC(C)(C)NC(=O)[C@@H]1C[C@@H]2CCCC[C@@H]2CN1C[C@@H](O)CN1C(=O)C2(CCOCC2)C[C@@H]1Cc1ccccc1. The Morgan fingerprint density at radius 1 is 1.10 bits per heavy atom. The number of nitrogens with zero attached hydrogens (tertiary/aromatic N) is 2. The Balaban J connectivity index is 1.31. The van der Waals surface area contributed by atoms with Gasteiger partial charge in [-0.25, -0.2) is 0 Å². The fraction of sp³-hybridized carbons (Fsp3) is 0.750. The van der Waals surface area contributed by atoms with Crippen molar-refractivity contribution in [1.82, 2.24) is 15.1 Å². The summed E-state index contributed by atoms with van der Waals surface area (Å²) in [5.41, 5.74) is 0.555. The first kappa shape index (κ1) is 28.6. The quantitative estimate of drug-likeness (QED) is 0.551. The highest BCUT2D eigenvalue weighted by molar-refractivity contribution is 5.85. The average Bonchev–Trinajstić information content (AvgIpc) is 3.13. The molecule has 3 saturated heterocycles. The topological polar surface area (TPSA) is 82.1 Å². The van der Waals surface area contributed by atoms with Gasteiger partial charge in [-0.1, -0.05) is 49.6 Å². The van der Waals surface area contributed by atoms with Crippen molar-refractivity contribution in [2.75, 3.05) is 32.8 Å². The van der Waals surface area contributed by atoms with Gasteiger partial charge in [0.15, 0.2) is 0 Å². The normalized spacial score (nSPS) is 30.3. The Kier molecular flexibility index (Phi) is 8.70. The van der Waals surface area contributed by atoms with Crippen LogP contribution < -0.4 is 5.32 Å². The van der Waals surface area contributed by atoms with Crippen LogP contribution in [0.4, 0.5) is 0 Å². The average molecular weight is 540 g/mol. The molecule has 7 nitrogen and oxygen atoms in total. The molecule has 216 valence electrons. The Labute approximate surface area is 234 Å². The predicted octanol–water partition coefficient (Wildman–Crippen LogP) is 3.78. The second-order valence-electron chi connectivity index (χ2n) is 13.8. The number of aliphatic hydroxyl groups excluding tert-OH is 1. The highest BCUT2D eigenvalue weighted by Crippen LogP contribution is 2.45. The van der Waals surface area contributed by atoms with Crippen LogP contribution in [0.5, 0.6) is 0 Å². The van der Waals surface area contributed by atoms with E-state index in [1.54, 1.807) is 0 Å². The van der Waals surface area contributed by atoms with Crippen LogP contribution in [0.25, 0.3) is 0 Å². The molecular weight excluding hydrogens is 490 g/mol. The number of hydrogen-bond donors (Lipinski definition) is 2. The fourth-order valence-corrected chi connectivity index (χ4v) is 7.78. The third-order valence-corrected chi connectivity index (χ3v) is 9.70. The molecule has 0 bridgehead atoms. The molecule has 4 aliphatic rings. The largest absolute Gasteiger partial charge is 0.390 e. The molecule has 2 N–H and O–H groups in total. The summed E-state index contributed by atoms with van der Waals surface area (Å²) in [4.78, 5) is 31.5. The highest BCUT2D eigenvalue weighted by atomic mass is 16.5. The maximum absolute atomic E-state index is 13.9. The van der Waals surface area contributed by atoms with Crippen molar-refractivity contribution in [3.05, 3.63) is 35.9 Å². The van der Waals surface area contributed by atoms with Crippen LogP contribution in [-0.4, -0.2) is 83.3 Å². The molecule has 1 spiro atoms. The minimum atomic E-state index is -0.702. The zero-order valence-electron chi connectivity index (χ0n) is 24.2. The van der Waals surface area contributed by atoms with Crippen molar-refractivity contribution in [3.63, 3.8) is 0 Å². The standard InChI is InChI=1S/C32H49N3O4/c1-31(2,3)33-29(37)28-18-24-11-7-8-12-25(24)20-34(28)21-27(36)22-35-26(17-23-9-5-4-6-10-23)19-32(30(35)38)13-15-39-16-14-32/h4-6,9-10,24-28,36H,7-8,11-22H2,1-3H3,(H,33,37)/t24-,25+,26-,27+,28-/m0/s1. The molecule has 3 aliphatic heterocycles. The van der Waals surface area contributed by atoms with E-state index >= 15 is 0 Å². The van der Waals surface area contributed by atoms with Gasteiger partial charge in [0.1, 0.15) is 0 Å². The van der Waals surface area contributed by atoms with Crippen LogP contribution >= 0.6 is 0 Å². The number of nitrogens with one attached hydrogen (secondary N) is 1. The number of rotatable bonds is 7. The van der Waals surface area contributed by atoms with E-state index < -0.39 is 6.10 Å². The van der Waals surface area contributed by atoms with Gasteiger partial charge in [-0.2, -0.15) is 0 Å².